The first kappa shape index (κ1) is 11.0. The van der Waals surface area contributed by atoms with Gasteiger partial charge in [-0.25, -0.2) is 0 Å². The van der Waals surface area contributed by atoms with Gasteiger partial charge < -0.3 is 5.32 Å². The summed E-state index contributed by atoms with van der Waals surface area (Å²) < 4.78 is 0. The maximum absolute atomic E-state index is 3.48. The highest BCUT2D eigenvalue weighted by molar-refractivity contribution is 5.17. The fourth-order valence-electron chi connectivity index (χ4n) is 1.41. The van der Waals surface area contributed by atoms with Crippen molar-refractivity contribution in [3.63, 3.8) is 0 Å². The molecule has 0 amide bonds. The number of allylic oxidation sites excluding steroid dienone is 1. The lowest BCUT2D eigenvalue weighted by atomic mass is 10.1. The van der Waals surface area contributed by atoms with Gasteiger partial charge in [-0.3, -0.25) is 0 Å². The second-order valence-electron chi connectivity index (χ2n) is 3.44. The molecule has 1 rings (SSSR count). The maximum atomic E-state index is 3.48. The van der Waals surface area contributed by atoms with E-state index in [0.717, 1.165) is 13.0 Å². The van der Waals surface area contributed by atoms with E-state index >= 15 is 0 Å². The van der Waals surface area contributed by atoms with Crippen LogP contribution in [0.3, 0.4) is 0 Å². The summed E-state index contributed by atoms with van der Waals surface area (Å²) in [6, 6.07) is 11.0. The molecule has 0 saturated carbocycles. The lowest BCUT2D eigenvalue weighted by Gasteiger charge is -2.12. The molecule has 0 radical (unpaired) electrons. The highest BCUT2D eigenvalue weighted by Gasteiger charge is 2.01. The van der Waals surface area contributed by atoms with Crippen molar-refractivity contribution in [2.45, 2.75) is 26.3 Å². The lowest BCUT2D eigenvalue weighted by molar-refractivity contribution is 0.581. The van der Waals surface area contributed by atoms with Crippen LogP contribution in [0, 0.1) is 0 Å². The normalized spacial score (nSPS) is 13.3. The van der Waals surface area contributed by atoms with Gasteiger partial charge in [-0.1, -0.05) is 42.5 Å². The van der Waals surface area contributed by atoms with E-state index in [1.54, 1.807) is 0 Å². The van der Waals surface area contributed by atoms with E-state index in [-0.39, 0.29) is 0 Å². The van der Waals surface area contributed by atoms with Crippen LogP contribution in [0.5, 0.6) is 0 Å². The van der Waals surface area contributed by atoms with Gasteiger partial charge in [0.15, 0.2) is 0 Å². The zero-order valence-corrected chi connectivity index (χ0v) is 9.03. The van der Waals surface area contributed by atoms with E-state index in [9.17, 15) is 0 Å². The van der Waals surface area contributed by atoms with Gasteiger partial charge in [0.2, 0.25) is 0 Å². The third-order valence-corrected chi connectivity index (χ3v) is 2.30. The molecule has 0 aliphatic carbocycles. The summed E-state index contributed by atoms with van der Waals surface area (Å²) in [7, 11) is 0. The van der Waals surface area contributed by atoms with Crippen LogP contribution in [-0.4, -0.2) is 6.54 Å². The van der Waals surface area contributed by atoms with E-state index in [1.807, 2.05) is 0 Å². The van der Waals surface area contributed by atoms with Gasteiger partial charge >= 0.3 is 0 Å². The van der Waals surface area contributed by atoms with E-state index < -0.39 is 0 Å². The summed E-state index contributed by atoms with van der Waals surface area (Å²) in [6.07, 6.45) is 5.38. The predicted molar refractivity (Wildman–Crippen MR) is 62.3 cm³/mol. The minimum Gasteiger partial charge on any atom is -0.310 e. The molecule has 1 aromatic rings. The molecule has 0 heterocycles. The van der Waals surface area contributed by atoms with Gasteiger partial charge in [0.25, 0.3) is 0 Å². The quantitative estimate of drug-likeness (QED) is 0.553. The Morgan fingerprint density at radius 1 is 1.29 bits per heavy atom. The Kier molecular flexibility index (Phi) is 5.02. The summed E-state index contributed by atoms with van der Waals surface area (Å²) in [5.41, 5.74) is 1.35. The Labute approximate surface area is 86.8 Å². The van der Waals surface area contributed by atoms with Crippen molar-refractivity contribution in [2.24, 2.45) is 0 Å². The SMILES string of the molecule is C/C=C/CCNC(C)c1ccccc1. The molecule has 0 saturated heterocycles. The van der Waals surface area contributed by atoms with Crippen molar-refractivity contribution in [1.82, 2.24) is 5.32 Å². The van der Waals surface area contributed by atoms with Crippen molar-refractivity contribution >= 4 is 0 Å². The summed E-state index contributed by atoms with van der Waals surface area (Å²) in [5, 5.41) is 3.48. The van der Waals surface area contributed by atoms with Crippen LogP contribution in [0.1, 0.15) is 31.9 Å². The lowest BCUT2D eigenvalue weighted by Crippen LogP contribution is -2.19. The molecular formula is C13H19N. The van der Waals surface area contributed by atoms with E-state index in [2.05, 4.69) is 61.6 Å². The average Bonchev–Trinajstić information content (AvgIpc) is 2.25. The minimum atomic E-state index is 0.446. The molecule has 1 atom stereocenters. The van der Waals surface area contributed by atoms with Gasteiger partial charge in [0, 0.05) is 6.04 Å². The van der Waals surface area contributed by atoms with E-state index in [4.69, 9.17) is 0 Å². The predicted octanol–water partition coefficient (Wildman–Crippen LogP) is 3.30. The standard InChI is InChI=1S/C13H19N/c1-3-4-8-11-14-12(2)13-9-6-5-7-10-13/h3-7,9-10,12,14H,8,11H2,1-2H3/b4-3+. The van der Waals surface area contributed by atoms with Crippen LogP contribution in [0.4, 0.5) is 0 Å². The molecule has 0 spiro atoms. The monoisotopic (exact) mass is 189 g/mol. The Morgan fingerprint density at radius 3 is 2.64 bits per heavy atom. The summed E-state index contributed by atoms with van der Waals surface area (Å²) in [6.45, 7) is 5.30. The molecule has 1 N–H and O–H groups in total. The fraction of sp³-hybridized carbons (Fsp3) is 0.385. The second-order valence-corrected chi connectivity index (χ2v) is 3.44. The zero-order chi connectivity index (χ0) is 10.2. The van der Waals surface area contributed by atoms with Crippen molar-refractivity contribution < 1.29 is 0 Å². The molecule has 1 heteroatoms. The molecule has 76 valence electrons. The third kappa shape index (κ3) is 3.75. The Bertz CT molecular complexity index is 264. The molecule has 1 nitrogen and oxygen atoms in total. The minimum absolute atomic E-state index is 0.446. The number of hydrogen-bond acceptors (Lipinski definition) is 1. The number of nitrogens with one attached hydrogen (secondary N) is 1. The first-order chi connectivity index (χ1) is 6.84. The first-order valence-corrected chi connectivity index (χ1v) is 5.24. The van der Waals surface area contributed by atoms with E-state index in [1.165, 1.54) is 5.56 Å². The third-order valence-electron chi connectivity index (χ3n) is 2.30. The largest absolute Gasteiger partial charge is 0.310 e. The van der Waals surface area contributed by atoms with Gasteiger partial charge in [-0.15, -0.1) is 0 Å². The first-order valence-electron chi connectivity index (χ1n) is 5.24. The second kappa shape index (κ2) is 6.39. The summed E-state index contributed by atoms with van der Waals surface area (Å²) in [4.78, 5) is 0. The Hall–Kier alpha value is -1.08. The zero-order valence-electron chi connectivity index (χ0n) is 9.03. The fourth-order valence-corrected chi connectivity index (χ4v) is 1.41. The molecule has 1 aromatic carbocycles. The van der Waals surface area contributed by atoms with Crippen molar-refractivity contribution in [1.29, 1.82) is 0 Å². The molecule has 0 aliphatic heterocycles. The highest BCUT2D eigenvalue weighted by Crippen LogP contribution is 2.10. The van der Waals surface area contributed by atoms with Crippen molar-refractivity contribution in [2.75, 3.05) is 6.54 Å². The van der Waals surface area contributed by atoms with Gasteiger partial charge in [0.1, 0.15) is 0 Å². The maximum Gasteiger partial charge on any atom is 0.0291 e. The van der Waals surface area contributed by atoms with Gasteiger partial charge in [0.05, 0.1) is 0 Å². The number of hydrogen-bond donors (Lipinski definition) is 1. The van der Waals surface area contributed by atoms with Crippen LogP contribution < -0.4 is 5.32 Å². The van der Waals surface area contributed by atoms with Crippen LogP contribution in [0.25, 0.3) is 0 Å². The molecule has 0 bridgehead atoms. The van der Waals surface area contributed by atoms with Crippen LogP contribution >= 0.6 is 0 Å². The van der Waals surface area contributed by atoms with E-state index in [0.29, 0.717) is 6.04 Å². The topological polar surface area (TPSA) is 12.0 Å². The van der Waals surface area contributed by atoms with Crippen molar-refractivity contribution in [3.8, 4) is 0 Å². The van der Waals surface area contributed by atoms with Gasteiger partial charge in [-0.05, 0) is 32.4 Å². The molecule has 0 aliphatic rings. The Balaban J connectivity index is 2.32. The smallest absolute Gasteiger partial charge is 0.0291 e. The molecule has 1 unspecified atom stereocenters. The summed E-state index contributed by atoms with van der Waals surface area (Å²) >= 11 is 0. The highest BCUT2D eigenvalue weighted by atomic mass is 14.9. The van der Waals surface area contributed by atoms with Crippen LogP contribution in [0.2, 0.25) is 0 Å². The van der Waals surface area contributed by atoms with Crippen LogP contribution in [0.15, 0.2) is 42.5 Å². The number of benzene rings is 1. The molecular weight excluding hydrogens is 170 g/mol. The molecule has 14 heavy (non-hydrogen) atoms. The molecule has 0 fully saturated rings. The average molecular weight is 189 g/mol. The number of rotatable bonds is 5. The van der Waals surface area contributed by atoms with Crippen LogP contribution in [-0.2, 0) is 0 Å². The molecule has 0 aromatic heterocycles. The van der Waals surface area contributed by atoms with Gasteiger partial charge in [-0.2, -0.15) is 0 Å². The van der Waals surface area contributed by atoms with Crippen molar-refractivity contribution in [3.05, 3.63) is 48.0 Å². The summed E-state index contributed by atoms with van der Waals surface area (Å²) in [5.74, 6) is 0. The Morgan fingerprint density at radius 2 is 2.00 bits per heavy atom.